The molecule has 0 unspecified atom stereocenters. The summed E-state index contributed by atoms with van der Waals surface area (Å²) >= 11 is 0. The molecule has 0 spiro atoms. The van der Waals surface area contributed by atoms with E-state index in [1.165, 1.54) is 4.31 Å². The normalized spacial score (nSPS) is 19.7. The molecule has 0 amide bonds. The van der Waals surface area contributed by atoms with Crippen molar-refractivity contribution in [1.29, 1.82) is 0 Å². The Morgan fingerprint density at radius 3 is 2.60 bits per heavy atom. The van der Waals surface area contributed by atoms with Crippen LogP contribution in [0.5, 0.6) is 0 Å². The van der Waals surface area contributed by atoms with Crippen molar-refractivity contribution in [2.45, 2.75) is 44.6 Å². The molecular formula is C15H23NO3S. The lowest BCUT2D eigenvalue weighted by atomic mass is 10.1. The first kappa shape index (κ1) is 15.5. The third-order valence-electron chi connectivity index (χ3n) is 3.90. The first-order chi connectivity index (χ1) is 9.45. The van der Waals surface area contributed by atoms with Crippen LogP contribution in [0.15, 0.2) is 23.1 Å². The van der Waals surface area contributed by atoms with Gasteiger partial charge in [0.25, 0.3) is 0 Å². The first-order valence-electron chi connectivity index (χ1n) is 7.14. The molecule has 4 nitrogen and oxygen atoms in total. The predicted octanol–water partition coefficient (Wildman–Crippen LogP) is 2.49. The lowest BCUT2D eigenvalue weighted by Crippen LogP contribution is -2.37. The van der Waals surface area contributed by atoms with Crippen molar-refractivity contribution in [3.63, 3.8) is 0 Å². The van der Waals surface area contributed by atoms with Gasteiger partial charge in [-0.3, -0.25) is 0 Å². The minimum atomic E-state index is -3.42. The highest BCUT2D eigenvalue weighted by Gasteiger charge is 2.27. The summed E-state index contributed by atoms with van der Waals surface area (Å²) in [5, 5.41) is 0. The predicted molar refractivity (Wildman–Crippen MR) is 79.3 cm³/mol. The van der Waals surface area contributed by atoms with E-state index in [1.807, 2.05) is 26.8 Å². The van der Waals surface area contributed by atoms with E-state index < -0.39 is 10.0 Å². The summed E-state index contributed by atoms with van der Waals surface area (Å²) in [6, 6.07) is 5.31. The van der Waals surface area contributed by atoms with Crippen LogP contribution in [-0.2, 0) is 14.8 Å². The second-order valence-electron chi connectivity index (χ2n) is 5.34. The molecule has 0 aromatic heterocycles. The van der Waals surface area contributed by atoms with Crippen LogP contribution >= 0.6 is 0 Å². The van der Waals surface area contributed by atoms with Crippen LogP contribution in [0.1, 0.15) is 30.9 Å². The van der Waals surface area contributed by atoms with Gasteiger partial charge in [-0.1, -0.05) is 13.0 Å². The lowest BCUT2D eigenvalue weighted by Gasteiger charge is -2.23. The van der Waals surface area contributed by atoms with E-state index in [0.717, 1.165) is 30.6 Å². The van der Waals surface area contributed by atoms with Gasteiger partial charge in [0.2, 0.25) is 10.0 Å². The topological polar surface area (TPSA) is 46.6 Å². The number of ether oxygens (including phenoxy) is 1. The molecule has 1 aromatic rings. The highest BCUT2D eigenvalue weighted by molar-refractivity contribution is 7.89. The van der Waals surface area contributed by atoms with Crippen molar-refractivity contribution < 1.29 is 13.2 Å². The monoisotopic (exact) mass is 297 g/mol. The number of hydrogen-bond donors (Lipinski definition) is 0. The van der Waals surface area contributed by atoms with Crippen molar-refractivity contribution in [3.05, 3.63) is 29.3 Å². The molecule has 0 N–H and O–H groups in total. The van der Waals surface area contributed by atoms with Crippen LogP contribution < -0.4 is 0 Å². The standard InChI is InChI=1S/C15H23NO3S/c1-4-16(11-14-6-5-9-19-14)20(17,18)15-8-7-12(2)13(3)10-15/h7-8,10,14H,4-6,9,11H2,1-3H3/t14-/m0/s1. The summed E-state index contributed by atoms with van der Waals surface area (Å²) in [6.07, 6.45) is 2.00. The van der Waals surface area contributed by atoms with Crippen LogP contribution in [0, 0.1) is 13.8 Å². The Morgan fingerprint density at radius 1 is 1.30 bits per heavy atom. The molecule has 1 saturated heterocycles. The molecule has 112 valence electrons. The van der Waals surface area contributed by atoms with Gasteiger partial charge in [-0.15, -0.1) is 0 Å². The van der Waals surface area contributed by atoms with Gasteiger partial charge in [-0.2, -0.15) is 4.31 Å². The molecule has 1 aliphatic rings. The molecule has 1 fully saturated rings. The Bertz CT molecular complexity index is 562. The van der Waals surface area contributed by atoms with Crippen molar-refractivity contribution in [3.8, 4) is 0 Å². The molecule has 1 aromatic carbocycles. The Balaban J connectivity index is 2.23. The van der Waals surface area contributed by atoms with E-state index >= 15 is 0 Å². The fourth-order valence-corrected chi connectivity index (χ4v) is 4.00. The lowest BCUT2D eigenvalue weighted by molar-refractivity contribution is 0.0947. The zero-order valence-corrected chi connectivity index (χ0v) is 13.2. The fourth-order valence-electron chi connectivity index (χ4n) is 2.44. The minimum Gasteiger partial charge on any atom is -0.377 e. The van der Waals surface area contributed by atoms with Crippen LogP contribution in [-0.4, -0.2) is 38.5 Å². The largest absolute Gasteiger partial charge is 0.377 e. The zero-order chi connectivity index (χ0) is 14.8. The quantitative estimate of drug-likeness (QED) is 0.839. The molecule has 0 aliphatic carbocycles. The molecule has 0 saturated carbocycles. The Kier molecular flexibility index (Phi) is 4.83. The van der Waals surface area contributed by atoms with E-state index in [-0.39, 0.29) is 6.10 Å². The minimum absolute atomic E-state index is 0.0382. The summed E-state index contributed by atoms with van der Waals surface area (Å²) in [6.45, 7) is 7.45. The molecule has 1 aliphatic heterocycles. The van der Waals surface area contributed by atoms with Crippen molar-refractivity contribution in [2.75, 3.05) is 19.7 Å². The average Bonchev–Trinajstić information content (AvgIpc) is 2.91. The number of aryl methyl sites for hydroxylation is 2. The molecule has 0 radical (unpaired) electrons. The fraction of sp³-hybridized carbons (Fsp3) is 0.600. The van der Waals surface area contributed by atoms with Crippen LogP contribution in [0.25, 0.3) is 0 Å². The summed E-state index contributed by atoms with van der Waals surface area (Å²) in [5.74, 6) is 0. The number of sulfonamides is 1. The maximum absolute atomic E-state index is 12.7. The van der Waals surface area contributed by atoms with Crippen LogP contribution in [0.3, 0.4) is 0 Å². The number of nitrogens with zero attached hydrogens (tertiary/aromatic N) is 1. The number of likely N-dealkylation sites (N-methyl/N-ethyl adjacent to an activating group) is 1. The smallest absolute Gasteiger partial charge is 0.243 e. The number of hydrogen-bond acceptors (Lipinski definition) is 3. The van der Waals surface area contributed by atoms with E-state index in [2.05, 4.69) is 0 Å². The first-order valence-corrected chi connectivity index (χ1v) is 8.58. The van der Waals surface area contributed by atoms with Crippen molar-refractivity contribution >= 4 is 10.0 Å². The second kappa shape index (κ2) is 6.24. The molecule has 5 heteroatoms. The Labute approximate surface area is 121 Å². The van der Waals surface area contributed by atoms with Crippen LogP contribution in [0.4, 0.5) is 0 Å². The van der Waals surface area contributed by atoms with E-state index in [1.54, 1.807) is 12.1 Å². The SMILES string of the molecule is CCN(C[C@@H]1CCCO1)S(=O)(=O)c1ccc(C)c(C)c1. The molecule has 0 bridgehead atoms. The van der Waals surface area contributed by atoms with Crippen LogP contribution in [0.2, 0.25) is 0 Å². The summed E-state index contributed by atoms with van der Waals surface area (Å²) in [5.41, 5.74) is 2.10. The van der Waals surface area contributed by atoms with Gasteiger partial charge in [-0.25, -0.2) is 8.42 Å². The molecule has 1 atom stereocenters. The van der Waals surface area contributed by atoms with Gasteiger partial charge >= 0.3 is 0 Å². The van der Waals surface area contributed by atoms with Crippen molar-refractivity contribution in [2.24, 2.45) is 0 Å². The molecular weight excluding hydrogens is 274 g/mol. The number of benzene rings is 1. The third kappa shape index (κ3) is 3.22. The zero-order valence-electron chi connectivity index (χ0n) is 12.4. The van der Waals surface area contributed by atoms with Gasteiger partial charge in [0.15, 0.2) is 0 Å². The highest BCUT2D eigenvalue weighted by Crippen LogP contribution is 2.21. The highest BCUT2D eigenvalue weighted by atomic mass is 32.2. The van der Waals surface area contributed by atoms with E-state index in [9.17, 15) is 8.42 Å². The molecule has 2 rings (SSSR count). The van der Waals surface area contributed by atoms with E-state index in [4.69, 9.17) is 4.74 Å². The Morgan fingerprint density at radius 2 is 2.05 bits per heavy atom. The van der Waals surface area contributed by atoms with E-state index in [0.29, 0.717) is 18.0 Å². The summed E-state index contributed by atoms with van der Waals surface area (Å²) < 4.78 is 32.4. The number of rotatable bonds is 5. The second-order valence-corrected chi connectivity index (χ2v) is 7.27. The summed E-state index contributed by atoms with van der Waals surface area (Å²) in [4.78, 5) is 0.375. The van der Waals surface area contributed by atoms with Gasteiger partial charge in [0.1, 0.15) is 0 Å². The summed E-state index contributed by atoms with van der Waals surface area (Å²) in [7, 11) is -3.42. The van der Waals surface area contributed by atoms with Gasteiger partial charge in [0, 0.05) is 19.7 Å². The molecule has 1 heterocycles. The Hall–Kier alpha value is -0.910. The van der Waals surface area contributed by atoms with Gasteiger partial charge in [-0.05, 0) is 49.9 Å². The maximum atomic E-state index is 12.7. The van der Waals surface area contributed by atoms with Gasteiger partial charge in [0.05, 0.1) is 11.0 Å². The third-order valence-corrected chi connectivity index (χ3v) is 5.84. The average molecular weight is 297 g/mol. The van der Waals surface area contributed by atoms with Gasteiger partial charge < -0.3 is 4.74 Å². The van der Waals surface area contributed by atoms with Crippen molar-refractivity contribution in [1.82, 2.24) is 4.31 Å². The maximum Gasteiger partial charge on any atom is 0.243 e. The molecule has 20 heavy (non-hydrogen) atoms.